The van der Waals surface area contributed by atoms with Gasteiger partial charge in [-0.3, -0.25) is 0 Å². The Morgan fingerprint density at radius 1 is 0.894 bits per heavy atom. The van der Waals surface area contributed by atoms with E-state index in [2.05, 4.69) is 13.8 Å². The highest BCUT2D eigenvalue weighted by Gasteiger charge is 2.68. The molecule has 47 heavy (non-hydrogen) atoms. The van der Waals surface area contributed by atoms with E-state index in [1.807, 2.05) is 0 Å². The van der Waals surface area contributed by atoms with Gasteiger partial charge in [0.25, 0.3) is 0 Å². The largest absolute Gasteiger partial charge is 0.458 e. The Bertz CT molecular complexity index is 1200. The Balaban J connectivity index is 1.04. The van der Waals surface area contributed by atoms with Crippen LogP contribution in [0.3, 0.4) is 0 Å². The summed E-state index contributed by atoms with van der Waals surface area (Å²) in [5.74, 6) is 0.815. The fraction of sp³-hybridized carbons (Fsp3) is 0.914. The molecule has 4 aliphatic carbocycles. The fourth-order valence-corrected chi connectivity index (χ4v) is 11.3. The zero-order valence-electron chi connectivity index (χ0n) is 27.8. The van der Waals surface area contributed by atoms with Crippen LogP contribution in [0.5, 0.6) is 0 Å². The van der Waals surface area contributed by atoms with Crippen LogP contribution >= 0.6 is 0 Å². The van der Waals surface area contributed by atoms with Gasteiger partial charge in [0, 0.05) is 17.9 Å². The third kappa shape index (κ3) is 5.53. The number of fused-ring (bicyclic) bond motifs is 5. The summed E-state index contributed by atoms with van der Waals surface area (Å²) in [6.45, 7) is 6.08. The second-order valence-corrected chi connectivity index (χ2v) is 16.2. The first-order valence-corrected chi connectivity index (χ1v) is 17.8. The van der Waals surface area contributed by atoms with Crippen molar-refractivity contribution in [3.05, 3.63) is 11.6 Å². The molecule has 266 valence electrons. The molecule has 2 unspecified atom stereocenters. The van der Waals surface area contributed by atoms with E-state index in [0.717, 1.165) is 63.4 Å². The number of carbonyl (C=O) groups is 1. The number of ether oxygens (including phenoxy) is 5. The van der Waals surface area contributed by atoms with Crippen molar-refractivity contribution in [2.75, 3.05) is 13.2 Å². The summed E-state index contributed by atoms with van der Waals surface area (Å²) in [4.78, 5) is 11.9. The second-order valence-electron chi connectivity index (χ2n) is 16.2. The zero-order valence-corrected chi connectivity index (χ0v) is 27.8. The average molecular weight is 667 g/mol. The minimum absolute atomic E-state index is 0.0248. The monoisotopic (exact) mass is 666 g/mol. The molecule has 12 nitrogen and oxygen atoms in total. The van der Waals surface area contributed by atoms with Gasteiger partial charge >= 0.3 is 5.97 Å². The first kappa shape index (κ1) is 34.3. The van der Waals surface area contributed by atoms with Crippen molar-refractivity contribution in [2.24, 2.45) is 34.5 Å². The van der Waals surface area contributed by atoms with Crippen LogP contribution in [0, 0.1) is 34.5 Å². The molecule has 6 N–H and O–H groups in total. The van der Waals surface area contributed by atoms with E-state index in [1.54, 1.807) is 13.0 Å². The molecule has 0 aromatic rings. The van der Waals surface area contributed by atoms with E-state index in [0.29, 0.717) is 18.4 Å². The molecule has 2 saturated heterocycles. The van der Waals surface area contributed by atoms with E-state index in [4.69, 9.17) is 23.7 Å². The Kier molecular flexibility index (Phi) is 9.14. The standard InChI is InChI=1S/C35H54O12/c1-17-28(39)24(37)14-27(44-17)47-31-30(41)29(40)25(15-36)46-32(31)45-20-6-9-33(2)19(13-20)4-5-23-22(33)7-10-34(3)21(8-11-35(23,34)42)18-12-26(38)43-16-18/h12,17,19-25,27-32,36-37,39-42H,4-11,13-16H2,1-3H3/t17-,19+,20+,21-,22+,23-,24-,25-,27?,28-,29-,30+,31-,32-,33+,34-,35?/m1/s1. The predicted octanol–water partition coefficient (Wildman–Crippen LogP) is 1.31. The van der Waals surface area contributed by atoms with Crippen molar-refractivity contribution < 1.29 is 59.1 Å². The molecule has 0 radical (unpaired) electrons. The third-order valence-electron chi connectivity index (χ3n) is 14.1. The Labute approximate surface area is 276 Å². The number of hydrogen-bond acceptors (Lipinski definition) is 12. The van der Waals surface area contributed by atoms with E-state index < -0.39 is 67.5 Å². The van der Waals surface area contributed by atoms with Crippen molar-refractivity contribution in [1.29, 1.82) is 0 Å². The van der Waals surface area contributed by atoms with Gasteiger partial charge in [0.05, 0.1) is 30.5 Å². The molecule has 0 amide bonds. The van der Waals surface area contributed by atoms with Crippen LogP contribution in [-0.2, 0) is 28.5 Å². The number of cyclic esters (lactones) is 1. The molecule has 0 aromatic heterocycles. The van der Waals surface area contributed by atoms with Crippen LogP contribution < -0.4 is 0 Å². The highest BCUT2D eigenvalue weighted by Crippen LogP contribution is 2.70. The number of hydrogen-bond donors (Lipinski definition) is 6. The molecule has 3 heterocycles. The maximum absolute atomic E-state index is 12.5. The fourth-order valence-electron chi connectivity index (χ4n) is 11.3. The van der Waals surface area contributed by atoms with Crippen molar-refractivity contribution >= 4 is 5.97 Å². The molecule has 12 heteroatoms. The topological polar surface area (TPSA) is 185 Å². The summed E-state index contributed by atoms with van der Waals surface area (Å²) >= 11 is 0. The Hall–Kier alpha value is -1.19. The maximum Gasteiger partial charge on any atom is 0.331 e. The number of carbonyl (C=O) groups excluding carboxylic acids is 1. The van der Waals surface area contributed by atoms with Gasteiger partial charge in [0.1, 0.15) is 37.1 Å². The summed E-state index contributed by atoms with van der Waals surface area (Å²) in [6, 6.07) is 0. The summed E-state index contributed by atoms with van der Waals surface area (Å²) in [5, 5.41) is 64.5. The lowest BCUT2D eigenvalue weighted by molar-refractivity contribution is -0.357. The lowest BCUT2D eigenvalue weighted by atomic mass is 9.43. The summed E-state index contributed by atoms with van der Waals surface area (Å²) in [6.07, 6.45) is -0.638. The molecule has 7 rings (SSSR count). The van der Waals surface area contributed by atoms with Gasteiger partial charge in [0.15, 0.2) is 12.6 Å². The Morgan fingerprint density at radius 3 is 2.38 bits per heavy atom. The number of aliphatic hydroxyl groups excluding tert-OH is 5. The van der Waals surface area contributed by atoms with Crippen molar-refractivity contribution in [2.45, 2.75) is 152 Å². The molecule has 4 saturated carbocycles. The van der Waals surface area contributed by atoms with Crippen molar-refractivity contribution in [3.63, 3.8) is 0 Å². The van der Waals surface area contributed by atoms with E-state index >= 15 is 0 Å². The molecular formula is C35H54O12. The van der Waals surface area contributed by atoms with Crippen LogP contribution in [0.2, 0.25) is 0 Å². The number of rotatable bonds is 6. The van der Waals surface area contributed by atoms with Crippen LogP contribution in [-0.4, -0.2) is 117 Å². The van der Waals surface area contributed by atoms with Gasteiger partial charge in [-0.1, -0.05) is 13.8 Å². The number of aliphatic hydroxyl groups is 6. The average Bonchev–Trinajstić information content (AvgIpc) is 3.58. The van der Waals surface area contributed by atoms with Gasteiger partial charge in [-0.05, 0) is 99.4 Å². The molecule has 6 fully saturated rings. The number of esters is 1. The quantitative estimate of drug-likeness (QED) is 0.177. The lowest BCUT2D eigenvalue weighted by Gasteiger charge is -2.64. The first-order valence-electron chi connectivity index (χ1n) is 17.8. The van der Waals surface area contributed by atoms with Crippen LogP contribution in [0.1, 0.15) is 85.0 Å². The van der Waals surface area contributed by atoms with Crippen LogP contribution in [0.4, 0.5) is 0 Å². The van der Waals surface area contributed by atoms with E-state index in [1.165, 1.54) is 0 Å². The van der Waals surface area contributed by atoms with Gasteiger partial charge in [-0.2, -0.15) is 0 Å². The molecule has 0 spiro atoms. The summed E-state index contributed by atoms with van der Waals surface area (Å²) < 4.78 is 29.6. The third-order valence-corrected chi connectivity index (χ3v) is 14.1. The highest BCUT2D eigenvalue weighted by molar-refractivity contribution is 5.85. The minimum atomic E-state index is -1.43. The zero-order chi connectivity index (χ0) is 33.5. The molecule has 0 bridgehead atoms. The predicted molar refractivity (Wildman–Crippen MR) is 164 cm³/mol. The first-order chi connectivity index (χ1) is 22.3. The highest BCUT2D eigenvalue weighted by atomic mass is 16.7. The lowest BCUT2D eigenvalue weighted by Crippen LogP contribution is -2.63. The second kappa shape index (κ2) is 12.5. The molecule has 7 aliphatic rings. The molecule has 3 aliphatic heterocycles. The van der Waals surface area contributed by atoms with Crippen LogP contribution in [0.15, 0.2) is 11.6 Å². The maximum atomic E-state index is 12.5. The molecular weight excluding hydrogens is 612 g/mol. The Morgan fingerprint density at radius 2 is 1.68 bits per heavy atom. The smallest absolute Gasteiger partial charge is 0.331 e. The van der Waals surface area contributed by atoms with Gasteiger partial charge in [-0.15, -0.1) is 0 Å². The normalized spacial score (nSPS) is 54.7. The van der Waals surface area contributed by atoms with E-state index in [-0.39, 0.29) is 41.2 Å². The van der Waals surface area contributed by atoms with Gasteiger partial charge < -0.3 is 54.3 Å². The van der Waals surface area contributed by atoms with Gasteiger partial charge in [0.2, 0.25) is 0 Å². The van der Waals surface area contributed by atoms with Crippen LogP contribution in [0.25, 0.3) is 0 Å². The van der Waals surface area contributed by atoms with E-state index in [9.17, 15) is 35.4 Å². The molecule has 0 aromatic carbocycles. The molecule has 17 atom stereocenters. The van der Waals surface area contributed by atoms with Crippen molar-refractivity contribution in [3.8, 4) is 0 Å². The van der Waals surface area contributed by atoms with Gasteiger partial charge in [-0.25, -0.2) is 4.79 Å². The van der Waals surface area contributed by atoms with Crippen molar-refractivity contribution in [1.82, 2.24) is 0 Å². The summed E-state index contributed by atoms with van der Waals surface area (Å²) in [5.41, 5.74) is -0.00340. The minimum Gasteiger partial charge on any atom is -0.458 e. The SMILES string of the molecule is C[C@H]1OC(O[C@H]2[C@H](O[C@H]3CC[C@@]4(C)[C@@H](CC[C@@H]5[C@@H]4CC[C@]4(C)[C@@H](C6=CC(=O)OC6)CCC54O)C3)O[C@H](CO)[C@@H](O)[C@@H]2O)C[C@@H](O)[C@@H]1O. The summed E-state index contributed by atoms with van der Waals surface area (Å²) in [7, 11) is 0.